The number of methoxy groups -OCH3 is 2. The van der Waals surface area contributed by atoms with Crippen molar-refractivity contribution >= 4 is 11.7 Å². The lowest BCUT2D eigenvalue weighted by Crippen LogP contribution is -2.53. The predicted octanol–water partition coefficient (Wildman–Crippen LogP) is 0.842. The van der Waals surface area contributed by atoms with Crippen LogP contribution in [0.25, 0.3) is 0 Å². The molecule has 0 amide bonds. The van der Waals surface area contributed by atoms with Gasteiger partial charge in [-0.05, 0) is 12.5 Å². The van der Waals surface area contributed by atoms with Crippen LogP contribution in [-0.4, -0.2) is 37.8 Å². The van der Waals surface area contributed by atoms with E-state index in [1.807, 2.05) is 11.0 Å². The molecule has 0 radical (unpaired) electrons. The topological polar surface area (TPSA) is 51.7 Å². The van der Waals surface area contributed by atoms with Crippen molar-refractivity contribution in [3.05, 3.63) is 18.3 Å². The van der Waals surface area contributed by atoms with E-state index in [1.165, 1.54) is 7.11 Å². The molecule has 1 unspecified atom stereocenters. The predicted molar refractivity (Wildman–Crippen MR) is 58.6 cm³/mol. The van der Waals surface area contributed by atoms with Crippen LogP contribution < -0.4 is 9.64 Å². The number of hydrogen-bond donors (Lipinski definition) is 0. The largest absolute Gasteiger partial charge is 0.481 e. The Morgan fingerprint density at radius 3 is 2.75 bits per heavy atom. The third kappa shape index (κ3) is 1.80. The van der Waals surface area contributed by atoms with Crippen molar-refractivity contribution in [3.63, 3.8) is 0 Å². The van der Waals surface area contributed by atoms with Crippen LogP contribution in [0.15, 0.2) is 18.3 Å². The molecule has 16 heavy (non-hydrogen) atoms. The van der Waals surface area contributed by atoms with Gasteiger partial charge in [0.15, 0.2) is 0 Å². The Balaban J connectivity index is 2.09. The van der Waals surface area contributed by atoms with Crippen molar-refractivity contribution in [2.24, 2.45) is 0 Å². The molecule has 1 aliphatic rings. The van der Waals surface area contributed by atoms with Gasteiger partial charge in [0.2, 0.25) is 5.88 Å². The Morgan fingerprint density at radius 2 is 2.31 bits per heavy atom. The summed E-state index contributed by atoms with van der Waals surface area (Å²) in [4.78, 5) is 17.5. The molecule has 5 heteroatoms. The van der Waals surface area contributed by atoms with Crippen molar-refractivity contribution in [2.75, 3.05) is 25.7 Å². The molecule has 2 rings (SSSR count). The summed E-state index contributed by atoms with van der Waals surface area (Å²) >= 11 is 0. The molecule has 1 atom stereocenters. The SMILES string of the molecule is COC(=O)C1CCN1c1ccc(OC)nc1. The number of carbonyl (C=O) groups excluding carboxylic acids is 1. The van der Waals surface area contributed by atoms with Crippen molar-refractivity contribution < 1.29 is 14.3 Å². The maximum Gasteiger partial charge on any atom is 0.328 e. The molecule has 1 saturated heterocycles. The zero-order valence-corrected chi connectivity index (χ0v) is 9.34. The second-order valence-corrected chi connectivity index (χ2v) is 3.58. The highest BCUT2D eigenvalue weighted by Gasteiger charge is 2.35. The summed E-state index contributed by atoms with van der Waals surface area (Å²) in [6.07, 6.45) is 2.53. The summed E-state index contributed by atoms with van der Waals surface area (Å²) in [5.74, 6) is 0.376. The van der Waals surface area contributed by atoms with Crippen molar-refractivity contribution in [2.45, 2.75) is 12.5 Å². The molecular formula is C11H14N2O3. The fraction of sp³-hybridized carbons (Fsp3) is 0.455. The summed E-state index contributed by atoms with van der Waals surface area (Å²) in [7, 11) is 2.98. The summed E-state index contributed by atoms with van der Waals surface area (Å²) in [6.45, 7) is 0.855. The first kappa shape index (κ1) is 10.7. The molecule has 1 aromatic rings. The molecule has 0 aliphatic carbocycles. The zero-order chi connectivity index (χ0) is 11.5. The lowest BCUT2D eigenvalue weighted by atomic mass is 10.0. The Labute approximate surface area is 94.0 Å². The highest BCUT2D eigenvalue weighted by atomic mass is 16.5. The maximum absolute atomic E-state index is 11.4. The molecule has 0 spiro atoms. The van der Waals surface area contributed by atoms with Crippen molar-refractivity contribution in [1.29, 1.82) is 0 Å². The minimum atomic E-state index is -0.193. The summed E-state index contributed by atoms with van der Waals surface area (Å²) in [5, 5.41) is 0. The average molecular weight is 222 g/mol. The monoisotopic (exact) mass is 222 g/mol. The minimum Gasteiger partial charge on any atom is -0.481 e. The van der Waals surface area contributed by atoms with E-state index in [4.69, 9.17) is 9.47 Å². The number of hydrogen-bond acceptors (Lipinski definition) is 5. The first-order chi connectivity index (χ1) is 7.76. The van der Waals surface area contributed by atoms with Gasteiger partial charge in [0.1, 0.15) is 6.04 Å². The second kappa shape index (κ2) is 4.38. The smallest absolute Gasteiger partial charge is 0.328 e. The van der Waals surface area contributed by atoms with E-state index in [-0.39, 0.29) is 12.0 Å². The van der Waals surface area contributed by atoms with Gasteiger partial charge in [-0.3, -0.25) is 0 Å². The molecule has 1 aromatic heterocycles. The third-order valence-corrected chi connectivity index (χ3v) is 2.75. The van der Waals surface area contributed by atoms with Gasteiger partial charge in [0.05, 0.1) is 26.1 Å². The van der Waals surface area contributed by atoms with Crippen LogP contribution in [-0.2, 0) is 9.53 Å². The lowest BCUT2D eigenvalue weighted by molar-refractivity contribution is -0.143. The number of carbonyl (C=O) groups is 1. The fourth-order valence-electron chi connectivity index (χ4n) is 1.74. The van der Waals surface area contributed by atoms with E-state index >= 15 is 0 Å². The highest BCUT2D eigenvalue weighted by Crippen LogP contribution is 2.27. The first-order valence-corrected chi connectivity index (χ1v) is 5.10. The van der Waals surface area contributed by atoms with Crippen LogP contribution >= 0.6 is 0 Å². The Morgan fingerprint density at radius 1 is 1.50 bits per heavy atom. The Bertz CT molecular complexity index is 377. The maximum atomic E-state index is 11.4. The lowest BCUT2D eigenvalue weighted by Gasteiger charge is -2.40. The molecule has 5 nitrogen and oxygen atoms in total. The van der Waals surface area contributed by atoms with E-state index in [9.17, 15) is 4.79 Å². The fourth-order valence-corrected chi connectivity index (χ4v) is 1.74. The van der Waals surface area contributed by atoms with Crippen LogP contribution in [0.5, 0.6) is 5.88 Å². The number of nitrogens with zero attached hydrogens (tertiary/aromatic N) is 2. The van der Waals surface area contributed by atoms with Gasteiger partial charge in [-0.1, -0.05) is 0 Å². The molecule has 0 N–H and O–H groups in total. The van der Waals surface area contributed by atoms with Gasteiger partial charge in [-0.15, -0.1) is 0 Å². The second-order valence-electron chi connectivity index (χ2n) is 3.58. The van der Waals surface area contributed by atoms with E-state index in [0.29, 0.717) is 5.88 Å². The molecule has 0 bridgehead atoms. The first-order valence-electron chi connectivity index (χ1n) is 5.10. The number of anilines is 1. The quantitative estimate of drug-likeness (QED) is 0.709. The van der Waals surface area contributed by atoms with E-state index < -0.39 is 0 Å². The summed E-state index contributed by atoms with van der Waals surface area (Å²) in [6, 6.07) is 3.50. The van der Waals surface area contributed by atoms with Gasteiger partial charge in [-0.2, -0.15) is 0 Å². The summed E-state index contributed by atoms with van der Waals surface area (Å²) < 4.78 is 9.70. The minimum absolute atomic E-state index is 0.166. The van der Waals surface area contributed by atoms with E-state index in [1.54, 1.807) is 19.4 Å². The van der Waals surface area contributed by atoms with E-state index in [2.05, 4.69) is 4.98 Å². The van der Waals surface area contributed by atoms with Crippen LogP contribution in [0, 0.1) is 0 Å². The number of aromatic nitrogens is 1. The zero-order valence-electron chi connectivity index (χ0n) is 9.34. The number of esters is 1. The van der Waals surface area contributed by atoms with Gasteiger partial charge in [-0.25, -0.2) is 9.78 Å². The van der Waals surface area contributed by atoms with Crippen molar-refractivity contribution in [3.8, 4) is 5.88 Å². The van der Waals surface area contributed by atoms with Crippen LogP contribution in [0.2, 0.25) is 0 Å². The average Bonchev–Trinajstić information content (AvgIpc) is 2.28. The molecular weight excluding hydrogens is 208 g/mol. The summed E-state index contributed by atoms with van der Waals surface area (Å²) in [5.41, 5.74) is 0.919. The van der Waals surface area contributed by atoms with Crippen LogP contribution in [0.4, 0.5) is 5.69 Å². The molecule has 0 saturated carbocycles. The Kier molecular flexibility index (Phi) is 2.94. The normalized spacial score (nSPS) is 18.9. The van der Waals surface area contributed by atoms with Gasteiger partial charge in [0.25, 0.3) is 0 Å². The van der Waals surface area contributed by atoms with E-state index in [0.717, 1.165) is 18.7 Å². The molecule has 1 fully saturated rings. The van der Waals surface area contributed by atoms with Crippen LogP contribution in [0.3, 0.4) is 0 Å². The standard InChI is InChI=1S/C11H14N2O3/c1-15-10-4-3-8(7-12-10)13-6-5-9(13)11(14)16-2/h3-4,7,9H,5-6H2,1-2H3. The third-order valence-electron chi connectivity index (χ3n) is 2.75. The number of ether oxygens (including phenoxy) is 2. The highest BCUT2D eigenvalue weighted by molar-refractivity contribution is 5.82. The number of pyridine rings is 1. The van der Waals surface area contributed by atoms with Gasteiger partial charge < -0.3 is 14.4 Å². The van der Waals surface area contributed by atoms with Gasteiger partial charge in [0, 0.05) is 12.6 Å². The number of rotatable bonds is 3. The molecule has 1 aliphatic heterocycles. The van der Waals surface area contributed by atoms with Crippen molar-refractivity contribution in [1.82, 2.24) is 4.98 Å². The Hall–Kier alpha value is -1.78. The molecule has 2 heterocycles. The van der Waals surface area contributed by atoms with Crippen LogP contribution in [0.1, 0.15) is 6.42 Å². The van der Waals surface area contributed by atoms with Gasteiger partial charge >= 0.3 is 5.97 Å². The molecule has 0 aromatic carbocycles. The molecule has 86 valence electrons.